The lowest BCUT2D eigenvalue weighted by Gasteiger charge is -2.11. The summed E-state index contributed by atoms with van der Waals surface area (Å²) in [4.78, 5) is 4.85. The molecule has 1 aromatic carbocycles. The lowest BCUT2D eigenvalue weighted by molar-refractivity contribution is 0.560. The lowest BCUT2D eigenvalue weighted by Crippen LogP contribution is -2.09. The monoisotopic (exact) mass is 474 g/mol. The number of hydrogen-bond donors (Lipinski definition) is 1. The Labute approximate surface area is 208 Å². The van der Waals surface area contributed by atoms with Gasteiger partial charge in [0.2, 0.25) is 5.82 Å². The molecule has 8 nitrogen and oxygen atoms in total. The van der Waals surface area contributed by atoms with Gasteiger partial charge in [0, 0.05) is 24.7 Å². The van der Waals surface area contributed by atoms with E-state index in [0.29, 0.717) is 17.7 Å². The van der Waals surface area contributed by atoms with E-state index < -0.39 is 0 Å². The molecule has 3 heterocycles. The highest BCUT2D eigenvalue weighted by molar-refractivity contribution is 5.60. The molecule has 3 aromatic heterocycles. The Kier molecular flexibility index (Phi) is 8.10. The van der Waals surface area contributed by atoms with Gasteiger partial charge in [-0.3, -0.25) is 0 Å². The predicted octanol–water partition coefficient (Wildman–Crippen LogP) is 5.43. The summed E-state index contributed by atoms with van der Waals surface area (Å²) in [7, 11) is 0. The number of hydrogen-bond acceptors (Lipinski definition) is 5. The number of H-pyrrole nitrogens is 1. The molecule has 4 rings (SSSR count). The van der Waals surface area contributed by atoms with E-state index in [1.807, 2.05) is 0 Å². The van der Waals surface area contributed by atoms with E-state index in [-0.39, 0.29) is 0 Å². The van der Waals surface area contributed by atoms with Crippen LogP contribution in [0.15, 0.2) is 36.5 Å². The molecule has 186 valence electrons. The minimum atomic E-state index is 0.538. The zero-order valence-electron chi connectivity index (χ0n) is 21.7. The fourth-order valence-corrected chi connectivity index (χ4v) is 4.42. The molecule has 0 aliphatic heterocycles. The minimum absolute atomic E-state index is 0.538. The van der Waals surface area contributed by atoms with E-state index in [9.17, 15) is 0 Å². The molecular formula is C27H38N8. The molecule has 0 bridgehead atoms. The SMILES string of the molecule is CCCCCc1ccn(-c2ccc(Cn3nc(CC(C)C)nc3CC(C)C)cc2)c1-c1nn[nH]n1. The number of nitrogens with zero attached hydrogens (tertiary/aromatic N) is 7. The summed E-state index contributed by atoms with van der Waals surface area (Å²) in [6.07, 6.45) is 8.52. The Bertz CT molecular complexity index is 1180. The first-order valence-corrected chi connectivity index (χ1v) is 12.9. The zero-order chi connectivity index (χ0) is 24.8. The Hall–Kier alpha value is -3.29. The number of unbranched alkanes of at least 4 members (excludes halogenated alkanes) is 2. The second-order valence-corrected chi connectivity index (χ2v) is 10.2. The molecule has 4 aromatic rings. The molecule has 0 radical (unpaired) electrons. The summed E-state index contributed by atoms with van der Waals surface area (Å²) in [5.74, 6) is 3.72. The maximum atomic E-state index is 4.85. The van der Waals surface area contributed by atoms with Crippen molar-refractivity contribution in [1.82, 2.24) is 40.0 Å². The van der Waals surface area contributed by atoms with Crippen LogP contribution in [-0.2, 0) is 25.8 Å². The maximum Gasteiger partial charge on any atom is 0.221 e. The summed E-state index contributed by atoms with van der Waals surface area (Å²) < 4.78 is 4.25. The molecular weight excluding hydrogens is 436 g/mol. The highest BCUT2D eigenvalue weighted by Gasteiger charge is 2.17. The first-order chi connectivity index (χ1) is 16.9. The highest BCUT2D eigenvalue weighted by atomic mass is 15.5. The number of rotatable bonds is 12. The zero-order valence-corrected chi connectivity index (χ0v) is 21.7. The van der Waals surface area contributed by atoms with Crippen molar-refractivity contribution in [2.45, 2.75) is 79.7 Å². The third-order valence-electron chi connectivity index (χ3n) is 6.10. The van der Waals surface area contributed by atoms with Gasteiger partial charge in [0.15, 0.2) is 5.82 Å². The number of tetrazole rings is 1. The Morgan fingerprint density at radius 1 is 0.943 bits per heavy atom. The fraction of sp³-hybridized carbons (Fsp3) is 0.519. The second kappa shape index (κ2) is 11.4. The number of benzene rings is 1. The van der Waals surface area contributed by atoms with E-state index in [1.54, 1.807) is 0 Å². The van der Waals surface area contributed by atoms with E-state index in [1.165, 1.54) is 24.0 Å². The average molecular weight is 475 g/mol. The fourth-order valence-electron chi connectivity index (χ4n) is 4.42. The van der Waals surface area contributed by atoms with E-state index in [4.69, 9.17) is 10.1 Å². The van der Waals surface area contributed by atoms with Crippen LogP contribution in [0.5, 0.6) is 0 Å². The third kappa shape index (κ3) is 6.24. The number of aryl methyl sites for hydroxylation is 1. The molecule has 0 spiro atoms. The molecule has 0 aliphatic rings. The van der Waals surface area contributed by atoms with Crippen molar-refractivity contribution in [2.75, 3.05) is 0 Å². The molecule has 0 aliphatic carbocycles. The Balaban J connectivity index is 1.58. The van der Waals surface area contributed by atoms with Crippen LogP contribution in [0.1, 0.15) is 76.7 Å². The minimum Gasteiger partial charge on any atom is -0.313 e. The van der Waals surface area contributed by atoms with Crippen molar-refractivity contribution < 1.29 is 0 Å². The van der Waals surface area contributed by atoms with Gasteiger partial charge in [-0.05, 0) is 59.2 Å². The highest BCUT2D eigenvalue weighted by Crippen LogP contribution is 2.27. The Morgan fingerprint density at radius 3 is 2.37 bits per heavy atom. The second-order valence-electron chi connectivity index (χ2n) is 10.2. The van der Waals surface area contributed by atoms with Gasteiger partial charge in [0.1, 0.15) is 5.82 Å². The molecule has 0 saturated carbocycles. The summed E-state index contributed by atoms with van der Waals surface area (Å²) in [6, 6.07) is 10.8. The topological polar surface area (TPSA) is 90.1 Å². The van der Waals surface area contributed by atoms with Crippen LogP contribution in [0.3, 0.4) is 0 Å². The van der Waals surface area contributed by atoms with Gasteiger partial charge in [0.05, 0.1) is 12.2 Å². The average Bonchev–Trinajstić information content (AvgIpc) is 3.55. The smallest absolute Gasteiger partial charge is 0.221 e. The van der Waals surface area contributed by atoms with Crippen LogP contribution < -0.4 is 0 Å². The van der Waals surface area contributed by atoms with Crippen molar-refractivity contribution >= 4 is 0 Å². The van der Waals surface area contributed by atoms with Crippen LogP contribution in [0, 0.1) is 11.8 Å². The van der Waals surface area contributed by atoms with Gasteiger partial charge in [-0.25, -0.2) is 9.67 Å². The number of nitrogens with one attached hydrogen (secondary N) is 1. The summed E-state index contributed by atoms with van der Waals surface area (Å²) in [5, 5.41) is 19.8. The summed E-state index contributed by atoms with van der Waals surface area (Å²) in [6.45, 7) is 11.8. The van der Waals surface area contributed by atoms with Crippen molar-refractivity contribution in [3.05, 3.63) is 59.3 Å². The van der Waals surface area contributed by atoms with Gasteiger partial charge in [-0.2, -0.15) is 10.3 Å². The van der Waals surface area contributed by atoms with Crippen LogP contribution >= 0.6 is 0 Å². The van der Waals surface area contributed by atoms with E-state index in [2.05, 4.69) is 101 Å². The lowest BCUT2D eigenvalue weighted by atomic mass is 10.1. The first-order valence-electron chi connectivity index (χ1n) is 12.9. The van der Waals surface area contributed by atoms with Crippen molar-refractivity contribution in [1.29, 1.82) is 0 Å². The van der Waals surface area contributed by atoms with Crippen LogP contribution in [0.4, 0.5) is 0 Å². The molecule has 0 unspecified atom stereocenters. The molecule has 0 fully saturated rings. The summed E-state index contributed by atoms with van der Waals surface area (Å²) in [5.41, 5.74) is 4.55. The number of aromatic nitrogens is 8. The largest absolute Gasteiger partial charge is 0.313 e. The Morgan fingerprint density at radius 2 is 1.71 bits per heavy atom. The van der Waals surface area contributed by atoms with Gasteiger partial charge >= 0.3 is 0 Å². The van der Waals surface area contributed by atoms with Crippen LogP contribution in [0.25, 0.3) is 17.2 Å². The summed E-state index contributed by atoms with van der Waals surface area (Å²) >= 11 is 0. The van der Waals surface area contributed by atoms with Crippen LogP contribution in [-0.4, -0.2) is 40.0 Å². The molecule has 8 heteroatoms. The third-order valence-corrected chi connectivity index (χ3v) is 6.10. The quantitative estimate of drug-likeness (QED) is 0.277. The molecule has 0 atom stereocenters. The normalized spacial score (nSPS) is 11.7. The molecule has 0 amide bonds. The molecule has 1 N–H and O–H groups in total. The van der Waals surface area contributed by atoms with Crippen LogP contribution in [0.2, 0.25) is 0 Å². The molecule has 0 saturated heterocycles. The van der Waals surface area contributed by atoms with Gasteiger partial charge in [-0.15, -0.1) is 10.2 Å². The van der Waals surface area contributed by atoms with Gasteiger partial charge in [0.25, 0.3) is 0 Å². The van der Waals surface area contributed by atoms with Gasteiger partial charge < -0.3 is 4.57 Å². The predicted molar refractivity (Wildman–Crippen MR) is 138 cm³/mol. The standard InChI is InChI=1S/C27H38N8/c1-6-7-8-9-22-14-15-34(26(22)27-29-32-33-30-27)23-12-10-21(11-13-23)18-35-25(17-20(4)5)28-24(31-35)16-19(2)3/h10-15,19-20H,6-9,16-18H2,1-5H3,(H,29,30,32,33). The van der Waals surface area contributed by atoms with Crippen molar-refractivity contribution in [3.8, 4) is 17.2 Å². The number of aromatic amines is 1. The van der Waals surface area contributed by atoms with Crippen molar-refractivity contribution in [3.63, 3.8) is 0 Å². The maximum absolute atomic E-state index is 4.85. The van der Waals surface area contributed by atoms with Gasteiger partial charge in [-0.1, -0.05) is 59.6 Å². The first kappa shape index (κ1) is 24.8. The van der Waals surface area contributed by atoms with Crippen molar-refractivity contribution in [2.24, 2.45) is 11.8 Å². The van der Waals surface area contributed by atoms with E-state index >= 15 is 0 Å². The van der Waals surface area contributed by atoms with E-state index in [0.717, 1.165) is 55.3 Å². The molecule has 35 heavy (non-hydrogen) atoms.